The molecule has 1 rings (SSSR count). The largest absolute Gasteiger partial charge is 0.494 e. The van der Waals surface area contributed by atoms with Gasteiger partial charge in [-0.15, -0.1) is 24.0 Å². The SMILES string of the molecule is CCNC(=NCCCOc1ccc(C)cc1)NCCC(F)(F)F.I. The molecule has 0 aliphatic heterocycles. The highest BCUT2D eigenvalue weighted by molar-refractivity contribution is 14.0. The Labute approximate surface area is 158 Å². The van der Waals surface area contributed by atoms with Crippen molar-refractivity contribution in [2.45, 2.75) is 32.9 Å². The summed E-state index contributed by atoms with van der Waals surface area (Å²) in [5, 5.41) is 5.58. The van der Waals surface area contributed by atoms with Gasteiger partial charge in [-0.3, -0.25) is 4.99 Å². The molecule has 1 aromatic rings. The minimum atomic E-state index is -4.16. The molecule has 0 saturated carbocycles. The lowest BCUT2D eigenvalue weighted by atomic mass is 10.2. The van der Waals surface area contributed by atoms with Gasteiger partial charge in [0.25, 0.3) is 0 Å². The molecule has 8 heteroatoms. The van der Waals surface area contributed by atoms with Crippen molar-refractivity contribution < 1.29 is 17.9 Å². The quantitative estimate of drug-likeness (QED) is 0.269. The zero-order valence-corrected chi connectivity index (χ0v) is 16.3. The number of hydrogen-bond acceptors (Lipinski definition) is 2. The molecule has 0 aliphatic rings. The number of rotatable bonds is 8. The first-order valence-electron chi connectivity index (χ1n) is 7.69. The number of aliphatic imine (C=N–C) groups is 1. The average molecular weight is 459 g/mol. The van der Waals surface area contributed by atoms with Crippen LogP contribution < -0.4 is 15.4 Å². The fourth-order valence-electron chi connectivity index (χ4n) is 1.74. The van der Waals surface area contributed by atoms with E-state index in [1.165, 1.54) is 5.56 Å². The lowest BCUT2D eigenvalue weighted by molar-refractivity contribution is -0.132. The van der Waals surface area contributed by atoms with Crippen LogP contribution in [-0.2, 0) is 0 Å². The summed E-state index contributed by atoms with van der Waals surface area (Å²) in [5.41, 5.74) is 1.17. The molecule has 24 heavy (non-hydrogen) atoms. The number of nitrogens with zero attached hydrogens (tertiary/aromatic N) is 1. The number of benzene rings is 1. The molecule has 0 atom stereocenters. The summed E-state index contributed by atoms with van der Waals surface area (Å²) in [6.45, 7) is 5.27. The molecule has 4 nitrogen and oxygen atoms in total. The van der Waals surface area contributed by atoms with Crippen molar-refractivity contribution in [2.75, 3.05) is 26.2 Å². The fraction of sp³-hybridized carbons (Fsp3) is 0.562. The number of nitrogens with one attached hydrogen (secondary N) is 2. The Hall–Kier alpha value is -1.19. The standard InChI is InChI=1S/C16H24F3N3O.HI/c1-3-20-15(22-11-9-16(17,18)19)21-10-4-12-23-14-7-5-13(2)6-8-14;/h5-8H,3-4,9-12H2,1-2H3,(H2,20,21,22);1H. The van der Waals surface area contributed by atoms with Crippen LogP contribution in [0.2, 0.25) is 0 Å². The number of halogens is 4. The van der Waals surface area contributed by atoms with Gasteiger partial charge in [-0.25, -0.2) is 0 Å². The Morgan fingerprint density at radius 1 is 1.17 bits per heavy atom. The molecule has 0 aromatic heterocycles. The summed E-state index contributed by atoms with van der Waals surface area (Å²) in [7, 11) is 0. The molecule has 0 bridgehead atoms. The third-order valence-electron chi connectivity index (χ3n) is 2.91. The van der Waals surface area contributed by atoms with Crippen molar-refractivity contribution in [1.29, 1.82) is 0 Å². The van der Waals surface area contributed by atoms with Gasteiger partial charge >= 0.3 is 6.18 Å². The molecular weight excluding hydrogens is 434 g/mol. The van der Waals surface area contributed by atoms with Crippen molar-refractivity contribution in [3.05, 3.63) is 29.8 Å². The summed E-state index contributed by atoms with van der Waals surface area (Å²) >= 11 is 0. The van der Waals surface area contributed by atoms with Crippen LogP contribution in [0.4, 0.5) is 13.2 Å². The van der Waals surface area contributed by atoms with Gasteiger partial charge in [0.2, 0.25) is 0 Å². The highest BCUT2D eigenvalue weighted by Crippen LogP contribution is 2.18. The molecule has 0 radical (unpaired) electrons. The molecule has 0 aliphatic carbocycles. The van der Waals surface area contributed by atoms with E-state index in [0.29, 0.717) is 32.1 Å². The summed E-state index contributed by atoms with van der Waals surface area (Å²) < 4.78 is 41.9. The zero-order valence-electron chi connectivity index (χ0n) is 13.9. The van der Waals surface area contributed by atoms with E-state index in [4.69, 9.17) is 4.74 Å². The molecule has 0 unspecified atom stereocenters. The van der Waals surface area contributed by atoms with E-state index < -0.39 is 12.6 Å². The number of hydrogen-bond donors (Lipinski definition) is 2. The van der Waals surface area contributed by atoms with E-state index in [1.807, 2.05) is 38.1 Å². The van der Waals surface area contributed by atoms with Crippen molar-refractivity contribution in [3.8, 4) is 5.75 Å². The van der Waals surface area contributed by atoms with E-state index in [2.05, 4.69) is 15.6 Å². The topological polar surface area (TPSA) is 45.7 Å². The highest BCUT2D eigenvalue weighted by Gasteiger charge is 2.26. The Kier molecular flexibility index (Phi) is 11.6. The van der Waals surface area contributed by atoms with Gasteiger partial charge < -0.3 is 15.4 Å². The lowest BCUT2D eigenvalue weighted by Gasteiger charge is -2.12. The lowest BCUT2D eigenvalue weighted by Crippen LogP contribution is -2.39. The van der Waals surface area contributed by atoms with E-state index in [9.17, 15) is 13.2 Å². The molecule has 1 aromatic carbocycles. The van der Waals surface area contributed by atoms with Crippen LogP contribution in [0.15, 0.2) is 29.3 Å². The van der Waals surface area contributed by atoms with Crippen molar-refractivity contribution >= 4 is 29.9 Å². The number of ether oxygens (including phenoxy) is 1. The molecule has 0 saturated heterocycles. The minimum absolute atomic E-state index is 0. The first kappa shape index (κ1) is 22.8. The van der Waals surface area contributed by atoms with Crippen LogP contribution in [0.5, 0.6) is 5.75 Å². The van der Waals surface area contributed by atoms with Crippen LogP contribution in [0, 0.1) is 6.92 Å². The van der Waals surface area contributed by atoms with E-state index in [0.717, 1.165) is 5.75 Å². The maximum absolute atomic E-state index is 12.1. The Morgan fingerprint density at radius 2 is 1.83 bits per heavy atom. The summed E-state index contributed by atoms with van der Waals surface area (Å²) in [6.07, 6.45) is -4.36. The van der Waals surface area contributed by atoms with Crippen molar-refractivity contribution in [3.63, 3.8) is 0 Å². The summed E-state index contributed by atoms with van der Waals surface area (Å²) in [5.74, 6) is 1.20. The van der Waals surface area contributed by atoms with Gasteiger partial charge in [0.1, 0.15) is 5.75 Å². The molecule has 138 valence electrons. The number of guanidine groups is 1. The Morgan fingerprint density at radius 3 is 2.42 bits per heavy atom. The molecule has 0 amide bonds. The van der Waals surface area contributed by atoms with Gasteiger partial charge in [0.05, 0.1) is 13.0 Å². The smallest absolute Gasteiger partial charge is 0.390 e. The molecule has 2 N–H and O–H groups in total. The van der Waals surface area contributed by atoms with E-state index in [-0.39, 0.29) is 30.5 Å². The molecule has 0 spiro atoms. The first-order valence-corrected chi connectivity index (χ1v) is 7.69. The summed E-state index contributed by atoms with van der Waals surface area (Å²) in [6, 6.07) is 7.76. The average Bonchev–Trinajstić information content (AvgIpc) is 2.47. The van der Waals surface area contributed by atoms with E-state index in [1.54, 1.807) is 0 Å². The maximum Gasteiger partial charge on any atom is 0.390 e. The van der Waals surface area contributed by atoms with Crippen molar-refractivity contribution in [1.82, 2.24) is 10.6 Å². The van der Waals surface area contributed by atoms with Gasteiger partial charge in [0.15, 0.2) is 5.96 Å². The van der Waals surface area contributed by atoms with E-state index >= 15 is 0 Å². The highest BCUT2D eigenvalue weighted by atomic mass is 127. The minimum Gasteiger partial charge on any atom is -0.494 e. The molecule has 0 heterocycles. The monoisotopic (exact) mass is 459 g/mol. The van der Waals surface area contributed by atoms with Gasteiger partial charge in [-0.05, 0) is 26.0 Å². The normalized spacial score (nSPS) is 11.6. The third-order valence-corrected chi connectivity index (χ3v) is 2.91. The molecular formula is C16H25F3IN3O. The second-order valence-corrected chi connectivity index (χ2v) is 5.07. The van der Waals surface area contributed by atoms with Crippen LogP contribution in [0.1, 0.15) is 25.3 Å². The second kappa shape index (κ2) is 12.2. The Balaban J connectivity index is 0.00000529. The Bertz CT molecular complexity index is 478. The number of aryl methyl sites for hydroxylation is 1. The third kappa shape index (κ3) is 11.4. The van der Waals surface area contributed by atoms with Crippen molar-refractivity contribution in [2.24, 2.45) is 4.99 Å². The predicted molar refractivity (Wildman–Crippen MR) is 101 cm³/mol. The molecule has 0 fully saturated rings. The predicted octanol–water partition coefficient (Wildman–Crippen LogP) is 3.89. The maximum atomic E-state index is 12.1. The van der Waals surface area contributed by atoms with Crippen LogP contribution in [-0.4, -0.2) is 38.4 Å². The zero-order chi connectivity index (χ0) is 17.1. The van der Waals surface area contributed by atoms with Crippen LogP contribution >= 0.6 is 24.0 Å². The second-order valence-electron chi connectivity index (χ2n) is 5.07. The number of alkyl halides is 3. The first-order chi connectivity index (χ1) is 10.9. The van der Waals surface area contributed by atoms with Gasteiger partial charge in [-0.1, -0.05) is 17.7 Å². The van der Waals surface area contributed by atoms with Crippen LogP contribution in [0.3, 0.4) is 0 Å². The fourth-order valence-corrected chi connectivity index (χ4v) is 1.74. The van der Waals surface area contributed by atoms with Crippen LogP contribution in [0.25, 0.3) is 0 Å². The summed E-state index contributed by atoms with van der Waals surface area (Å²) in [4.78, 5) is 4.23. The van der Waals surface area contributed by atoms with Gasteiger partial charge in [0, 0.05) is 26.1 Å². The van der Waals surface area contributed by atoms with Gasteiger partial charge in [-0.2, -0.15) is 13.2 Å².